The first kappa shape index (κ1) is 23.3. The van der Waals surface area contributed by atoms with Gasteiger partial charge in [-0.15, -0.1) is 0 Å². The number of benzene rings is 3. The molecule has 3 aromatic carbocycles. The standard InChI is InChI=1S/C26H23N7O2S/c1-16-9-3-7-13-20(16)33-23(34)17-10-4-5-11-18(17)29-26(33)36-15-22-30-24(27)32-25(31-22)28-19-12-6-8-14-21(19)35-2/h3-14H,15H2,1-2H3,(H3,27,28,30,31,32). The van der Waals surface area contributed by atoms with Crippen LogP contribution in [0, 0.1) is 6.92 Å². The summed E-state index contributed by atoms with van der Waals surface area (Å²) in [6.45, 7) is 1.97. The first-order chi connectivity index (χ1) is 17.5. The topological polar surface area (TPSA) is 121 Å². The van der Waals surface area contributed by atoms with Crippen LogP contribution in [-0.2, 0) is 5.75 Å². The summed E-state index contributed by atoms with van der Waals surface area (Å²) in [7, 11) is 1.59. The largest absolute Gasteiger partial charge is 0.495 e. The molecule has 0 aliphatic rings. The van der Waals surface area contributed by atoms with Crippen molar-refractivity contribution in [2.45, 2.75) is 17.8 Å². The number of anilines is 3. The molecule has 5 rings (SSSR count). The van der Waals surface area contributed by atoms with Crippen LogP contribution in [0.4, 0.5) is 17.6 Å². The Balaban J connectivity index is 1.50. The number of nitrogens with two attached hydrogens (primary N) is 1. The van der Waals surface area contributed by atoms with E-state index < -0.39 is 0 Å². The van der Waals surface area contributed by atoms with Gasteiger partial charge in [0.1, 0.15) is 11.6 Å². The van der Waals surface area contributed by atoms with Crippen molar-refractivity contribution >= 4 is 40.2 Å². The Kier molecular flexibility index (Phi) is 6.50. The first-order valence-electron chi connectivity index (χ1n) is 11.1. The van der Waals surface area contributed by atoms with Crippen LogP contribution in [0.5, 0.6) is 5.75 Å². The highest BCUT2D eigenvalue weighted by Gasteiger charge is 2.16. The summed E-state index contributed by atoms with van der Waals surface area (Å²) < 4.78 is 7.02. The maximum absolute atomic E-state index is 13.5. The lowest BCUT2D eigenvalue weighted by molar-refractivity contribution is 0.417. The molecule has 0 bridgehead atoms. The molecular weight excluding hydrogens is 474 g/mol. The van der Waals surface area contributed by atoms with Crippen molar-refractivity contribution in [3.05, 3.63) is 94.5 Å². The Bertz CT molecular complexity index is 1620. The molecule has 0 fully saturated rings. The van der Waals surface area contributed by atoms with E-state index in [0.29, 0.717) is 45.0 Å². The van der Waals surface area contributed by atoms with Gasteiger partial charge in [0.05, 0.1) is 35.1 Å². The van der Waals surface area contributed by atoms with E-state index >= 15 is 0 Å². The van der Waals surface area contributed by atoms with Crippen molar-refractivity contribution in [3.63, 3.8) is 0 Å². The molecular formula is C26H23N7O2S. The zero-order chi connectivity index (χ0) is 25.1. The van der Waals surface area contributed by atoms with Gasteiger partial charge in [-0.25, -0.2) is 4.98 Å². The maximum Gasteiger partial charge on any atom is 0.266 e. The monoisotopic (exact) mass is 497 g/mol. The number of aryl methyl sites for hydroxylation is 1. The normalized spacial score (nSPS) is 10.9. The lowest BCUT2D eigenvalue weighted by atomic mass is 10.2. The third-order valence-corrected chi connectivity index (χ3v) is 6.42. The van der Waals surface area contributed by atoms with Crippen LogP contribution in [0.2, 0.25) is 0 Å². The third kappa shape index (κ3) is 4.71. The van der Waals surface area contributed by atoms with Crippen molar-refractivity contribution in [1.29, 1.82) is 0 Å². The molecule has 2 heterocycles. The number of ether oxygens (including phenoxy) is 1. The molecule has 0 unspecified atom stereocenters. The maximum atomic E-state index is 13.5. The van der Waals surface area contributed by atoms with Crippen LogP contribution in [0.1, 0.15) is 11.4 Å². The minimum atomic E-state index is -0.133. The molecule has 0 amide bonds. The fourth-order valence-electron chi connectivity index (χ4n) is 3.79. The summed E-state index contributed by atoms with van der Waals surface area (Å²) in [5.74, 6) is 1.80. The molecule has 0 spiro atoms. The summed E-state index contributed by atoms with van der Waals surface area (Å²) in [6.07, 6.45) is 0. The van der Waals surface area contributed by atoms with E-state index in [4.69, 9.17) is 15.5 Å². The minimum absolute atomic E-state index is 0.0840. The molecule has 0 aliphatic carbocycles. The van der Waals surface area contributed by atoms with Crippen molar-refractivity contribution in [2.24, 2.45) is 0 Å². The summed E-state index contributed by atoms with van der Waals surface area (Å²) in [5, 5.41) is 4.22. The average molecular weight is 498 g/mol. The Labute approximate surface area is 211 Å². The number of hydrogen-bond donors (Lipinski definition) is 2. The molecule has 0 atom stereocenters. The van der Waals surface area contributed by atoms with E-state index in [0.717, 1.165) is 11.3 Å². The van der Waals surface area contributed by atoms with Gasteiger partial charge in [0.2, 0.25) is 11.9 Å². The van der Waals surface area contributed by atoms with Crippen molar-refractivity contribution < 1.29 is 4.74 Å². The number of rotatable bonds is 7. The second kappa shape index (κ2) is 10.0. The Morgan fingerprint density at radius 3 is 2.53 bits per heavy atom. The molecule has 0 aliphatic heterocycles. The lowest BCUT2D eigenvalue weighted by Crippen LogP contribution is -2.22. The summed E-state index contributed by atoms with van der Waals surface area (Å²) in [4.78, 5) is 31.3. The highest BCUT2D eigenvalue weighted by molar-refractivity contribution is 7.98. The SMILES string of the molecule is COc1ccccc1Nc1nc(N)nc(CSc2nc3ccccc3c(=O)n2-c2ccccc2C)n1. The van der Waals surface area contributed by atoms with E-state index in [2.05, 4.69) is 20.3 Å². The number of thioether (sulfide) groups is 1. The van der Waals surface area contributed by atoms with Gasteiger partial charge >= 0.3 is 0 Å². The van der Waals surface area contributed by atoms with Crippen LogP contribution >= 0.6 is 11.8 Å². The van der Waals surface area contributed by atoms with Gasteiger partial charge < -0.3 is 15.8 Å². The van der Waals surface area contributed by atoms with Crippen LogP contribution in [0.25, 0.3) is 16.6 Å². The summed E-state index contributed by atoms with van der Waals surface area (Å²) in [5.41, 5.74) is 8.91. The number of nitrogens with one attached hydrogen (secondary N) is 1. The van der Waals surface area contributed by atoms with E-state index in [-0.39, 0.29) is 11.5 Å². The minimum Gasteiger partial charge on any atom is -0.495 e. The Hall–Kier alpha value is -4.44. The molecule has 2 aromatic heterocycles. The number of para-hydroxylation sites is 4. The number of methoxy groups -OCH3 is 1. The molecule has 0 radical (unpaired) electrons. The van der Waals surface area contributed by atoms with Gasteiger partial charge in [-0.3, -0.25) is 9.36 Å². The highest BCUT2D eigenvalue weighted by Crippen LogP contribution is 2.28. The molecule has 0 saturated heterocycles. The van der Waals surface area contributed by atoms with E-state index in [1.165, 1.54) is 11.8 Å². The van der Waals surface area contributed by atoms with Gasteiger partial charge in [-0.1, -0.05) is 54.2 Å². The third-order valence-electron chi connectivity index (χ3n) is 5.48. The predicted molar refractivity (Wildman–Crippen MR) is 142 cm³/mol. The van der Waals surface area contributed by atoms with Crippen molar-refractivity contribution in [2.75, 3.05) is 18.2 Å². The fraction of sp³-hybridized carbons (Fsp3) is 0.115. The van der Waals surface area contributed by atoms with E-state index in [9.17, 15) is 4.79 Å². The molecule has 10 heteroatoms. The molecule has 9 nitrogen and oxygen atoms in total. The van der Waals surface area contributed by atoms with Gasteiger partial charge in [0.15, 0.2) is 5.16 Å². The smallest absolute Gasteiger partial charge is 0.266 e. The second-order valence-corrected chi connectivity index (χ2v) is 8.83. The molecule has 0 saturated carbocycles. The number of fused-ring (bicyclic) bond motifs is 1. The summed E-state index contributed by atoms with van der Waals surface area (Å²) >= 11 is 1.36. The number of hydrogen-bond acceptors (Lipinski definition) is 9. The zero-order valence-corrected chi connectivity index (χ0v) is 20.5. The number of nitrogens with zero attached hydrogens (tertiary/aromatic N) is 5. The molecule has 180 valence electrons. The zero-order valence-electron chi connectivity index (χ0n) is 19.7. The molecule has 36 heavy (non-hydrogen) atoms. The van der Waals surface area contributed by atoms with E-state index in [1.807, 2.05) is 73.7 Å². The van der Waals surface area contributed by atoms with Crippen LogP contribution in [0.15, 0.2) is 82.7 Å². The van der Waals surface area contributed by atoms with E-state index in [1.54, 1.807) is 17.7 Å². The highest BCUT2D eigenvalue weighted by atomic mass is 32.2. The molecule has 3 N–H and O–H groups in total. The van der Waals surface area contributed by atoms with Crippen molar-refractivity contribution in [3.8, 4) is 11.4 Å². The first-order valence-corrected chi connectivity index (χ1v) is 12.1. The fourth-order valence-corrected chi connectivity index (χ4v) is 4.65. The Morgan fingerprint density at radius 2 is 1.69 bits per heavy atom. The van der Waals surface area contributed by atoms with Gasteiger partial charge in [0, 0.05) is 0 Å². The van der Waals surface area contributed by atoms with Crippen LogP contribution < -0.4 is 21.3 Å². The summed E-state index contributed by atoms with van der Waals surface area (Å²) in [6, 6.07) is 22.5. The van der Waals surface area contributed by atoms with Crippen LogP contribution in [0.3, 0.4) is 0 Å². The lowest BCUT2D eigenvalue weighted by Gasteiger charge is -2.15. The number of aromatic nitrogens is 5. The van der Waals surface area contributed by atoms with Gasteiger partial charge in [-0.2, -0.15) is 15.0 Å². The quantitative estimate of drug-likeness (QED) is 0.247. The molecule has 5 aromatic rings. The predicted octanol–water partition coefficient (Wildman–Crippen LogP) is 4.51. The second-order valence-electron chi connectivity index (χ2n) is 7.89. The Morgan fingerprint density at radius 1 is 0.944 bits per heavy atom. The van der Waals surface area contributed by atoms with Crippen molar-refractivity contribution in [1.82, 2.24) is 24.5 Å². The van der Waals surface area contributed by atoms with Gasteiger partial charge in [0.25, 0.3) is 5.56 Å². The van der Waals surface area contributed by atoms with Gasteiger partial charge in [-0.05, 0) is 42.8 Å². The average Bonchev–Trinajstić information content (AvgIpc) is 2.88. The van der Waals surface area contributed by atoms with Crippen LogP contribution in [-0.4, -0.2) is 31.6 Å². The number of nitrogen functional groups attached to an aromatic ring is 1.